The lowest BCUT2D eigenvalue weighted by Crippen LogP contribution is -2.41. The minimum absolute atomic E-state index is 0.0510. The van der Waals surface area contributed by atoms with Gasteiger partial charge < -0.3 is 20.1 Å². The van der Waals surface area contributed by atoms with Crippen molar-refractivity contribution in [3.63, 3.8) is 0 Å². The van der Waals surface area contributed by atoms with Gasteiger partial charge in [0.05, 0.1) is 0 Å². The zero-order chi connectivity index (χ0) is 19.8. The van der Waals surface area contributed by atoms with Gasteiger partial charge in [0.15, 0.2) is 0 Å². The maximum Gasteiger partial charge on any atom is 0.407 e. The van der Waals surface area contributed by atoms with E-state index in [0.717, 1.165) is 5.69 Å². The van der Waals surface area contributed by atoms with Crippen molar-refractivity contribution in [2.75, 3.05) is 13.1 Å². The van der Waals surface area contributed by atoms with Crippen molar-refractivity contribution in [1.29, 1.82) is 0 Å². The third-order valence-corrected chi connectivity index (χ3v) is 3.09. The first-order chi connectivity index (χ1) is 11.9. The molecule has 0 saturated heterocycles. The second-order valence-electron chi connectivity index (χ2n) is 8.16. The number of carbonyl (C=O) groups excluding carboxylic acids is 2. The summed E-state index contributed by atoms with van der Waals surface area (Å²) in [5, 5.41) is 5.50. The fraction of sp³-hybridized carbons (Fsp3) is 0.632. The minimum atomic E-state index is -0.560. The van der Waals surface area contributed by atoms with E-state index in [1.54, 1.807) is 6.20 Å². The number of hydrogen-bond acceptors (Lipinski definition) is 5. The fourth-order valence-corrected chi connectivity index (χ4v) is 2.11. The lowest BCUT2D eigenvalue weighted by molar-refractivity contribution is 0.0508. The van der Waals surface area contributed by atoms with Gasteiger partial charge in [-0.15, -0.1) is 0 Å². The molecule has 1 heterocycles. The van der Waals surface area contributed by atoms with Crippen molar-refractivity contribution in [3.8, 4) is 0 Å². The summed E-state index contributed by atoms with van der Waals surface area (Å²) in [6, 6.07) is 5.66. The van der Waals surface area contributed by atoms with E-state index in [4.69, 9.17) is 9.47 Å². The number of alkyl carbamates (subject to hydrolysis) is 2. The van der Waals surface area contributed by atoms with E-state index in [2.05, 4.69) is 15.6 Å². The fourth-order valence-electron chi connectivity index (χ4n) is 2.11. The topological polar surface area (TPSA) is 89.6 Å². The monoisotopic (exact) mass is 365 g/mol. The molecule has 0 fully saturated rings. The van der Waals surface area contributed by atoms with Crippen LogP contribution in [0, 0.1) is 5.92 Å². The van der Waals surface area contributed by atoms with Crippen molar-refractivity contribution < 1.29 is 19.1 Å². The van der Waals surface area contributed by atoms with Gasteiger partial charge in [-0.2, -0.15) is 0 Å². The van der Waals surface area contributed by atoms with Crippen molar-refractivity contribution in [2.24, 2.45) is 5.92 Å². The van der Waals surface area contributed by atoms with Crippen LogP contribution in [0.2, 0.25) is 0 Å². The molecule has 0 aliphatic rings. The molecule has 7 heteroatoms. The molecule has 2 amide bonds. The average Bonchev–Trinajstić information content (AvgIpc) is 2.47. The Morgan fingerprint density at radius 2 is 1.46 bits per heavy atom. The summed E-state index contributed by atoms with van der Waals surface area (Å²) < 4.78 is 10.5. The number of aromatic nitrogens is 1. The third kappa shape index (κ3) is 10.5. The first-order valence-corrected chi connectivity index (χ1v) is 8.78. The van der Waals surface area contributed by atoms with Crippen LogP contribution < -0.4 is 10.6 Å². The van der Waals surface area contributed by atoms with E-state index >= 15 is 0 Å². The summed E-state index contributed by atoms with van der Waals surface area (Å²) >= 11 is 0. The highest BCUT2D eigenvalue weighted by atomic mass is 16.6. The van der Waals surface area contributed by atoms with E-state index < -0.39 is 23.4 Å². The quantitative estimate of drug-likeness (QED) is 0.807. The predicted octanol–water partition coefficient (Wildman–Crippen LogP) is 3.29. The highest BCUT2D eigenvalue weighted by Gasteiger charge is 2.20. The van der Waals surface area contributed by atoms with Crippen LogP contribution in [-0.4, -0.2) is 41.5 Å². The molecule has 26 heavy (non-hydrogen) atoms. The van der Waals surface area contributed by atoms with Crippen LogP contribution in [-0.2, 0) is 15.9 Å². The van der Waals surface area contributed by atoms with Gasteiger partial charge >= 0.3 is 12.2 Å². The molecule has 0 atom stereocenters. The van der Waals surface area contributed by atoms with Gasteiger partial charge in [-0.05, 0) is 66.0 Å². The number of pyridine rings is 1. The van der Waals surface area contributed by atoms with Crippen molar-refractivity contribution in [3.05, 3.63) is 30.1 Å². The van der Waals surface area contributed by atoms with E-state index in [1.165, 1.54) is 0 Å². The smallest absolute Gasteiger partial charge is 0.407 e. The van der Waals surface area contributed by atoms with Gasteiger partial charge in [-0.1, -0.05) is 6.07 Å². The van der Waals surface area contributed by atoms with Gasteiger partial charge in [-0.3, -0.25) is 4.98 Å². The molecular weight excluding hydrogens is 334 g/mol. The molecule has 0 aromatic carbocycles. The lowest BCUT2D eigenvalue weighted by Gasteiger charge is -2.23. The average molecular weight is 365 g/mol. The Kier molecular flexibility index (Phi) is 7.86. The second-order valence-corrected chi connectivity index (χ2v) is 8.16. The maximum atomic E-state index is 11.9. The zero-order valence-corrected chi connectivity index (χ0v) is 16.6. The number of nitrogens with one attached hydrogen (secondary N) is 2. The van der Waals surface area contributed by atoms with Gasteiger partial charge in [0.1, 0.15) is 11.2 Å². The van der Waals surface area contributed by atoms with E-state index in [-0.39, 0.29) is 5.92 Å². The predicted molar refractivity (Wildman–Crippen MR) is 99.9 cm³/mol. The van der Waals surface area contributed by atoms with Crippen LogP contribution in [0.15, 0.2) is 24.4 Å². The van der Waals surface area contributed by atoms with E-state index in [9.17, 15) is 9.59 Å². The summed E-state index contributed by atoms with van der Waals surface area (Å²) in [4.78, 5) is 28.1. The van der Waals surface area contributed by atoms with Crippen LogP contribution in [0.5, 0.6) is 0 Å². The van der Waals surface area contributed by atoms with Crippen LogP contribution in [0.3, 0.4) is 0 Å². The first-order valence-electron chi connectivity index (χ1n) is 8.78. The molecule has 0 bridgehead atoms. The van der Waals surface area contributed by atoms with Crippen molar-refractivity contribution >= 4 is 12.2 Å². The molecule has 2 N–H and O–H groups in total. The third-order valence-electron chi connectivity index (χ3n) is 3.09. The standard InChI is InChI=1S/C19H31N3O4/c1-18(2,3)25-16(23)21-12-14(11-15-9-7-8-10-20-15)13-22-17(24)26-19(4,5)6/h7-10,14H,11-13H2,1-6H3,(H,21,23)(H,22,24). The number of carbonyl (C=O) groups is 2. The molecule has 146 valence electrons. The van der Waals surface area contributed by atoms with E-state index in [0.29, 0.717) is 19.5 Å². The van der Waals surface area contributed by atoms with Gasteiger partial charge in [0, 0.05) is 25.0 Å². The number of ether oxygens (including phenoxy) is 2. The van der Waals surface area contributed by atoms with Crippen LogP contribution >= 0.6 is 0 Å². The van der Waals surface area contributed by atoms with Crippen molar-refractivity contribution in [2.45, 2.75) is 59.2 Å². The minimum Gasteiger partial charge on any atom is -0.444 e. The number of amides is 2. The Morgan fingerprint density at radius 1 is 0.962 bits per heavy atom. The summed E-state index contributed by atoms with van der Waals surface area (Å²) in [5.41, 5.74) is -0.237. The molecule has 0 radical (unpaired) electrons. The Hall–Kier alpha value is -2.31. The van der Waals surface area contributed by atoms with Gasteiger partial charge in [0.25, 0.3) is 0 Å². The summed E-state index contributed by atoms with van der Waals surface area (Å²) in [5.74, 6) is -0.0510. The Morgan fingerprint density at radius 3 is 1.85 bits per heavy atom. The largest absolute Gasteiger partial charge is 0.444 e. The van der Waals surface area contributed by atoms with Crippen LogP contribution in [0.25, 0.3) is 0 Å². The van der Waals surface area contributed by atoms with Crippen LogP contribution in [0.4, 0.5) is 9.59 Å². The molecule has 1 aromatic rings. The Labute approximate surface area is 155 Å². The molecule has 1 rings (SSSR count). The normalized spacial score (nSPS) is 11.8. The van der Waals surface area contributed by atoms with E-state index in [1.807, 2.05) is 59.7 Å². The molecule has 1 aromatic heterocycles. The molecular formula is C19H31N3O4. The Balaban J connectivity index is 2.61. The summed E-state index contributed by atoms with van der Waals surface area (Å²) in [7, 11) is 0. The van der Waals surface area contributed by atoms with Crippen molar-refractivity contribution in [1.82, 2.24) is 15.6 Å². The van der Waals surface area contributed by atoms with Gasteiger partial charge in [0.2, 0.25) is 0 Å². The second kappa shape index (κ2) is 9.40. The molecule has 0 aliphatic heterocycles. The Bertz CT molecular complexity index is 545. The molecule has 0 spiro atoms. The first kappa shape index (κ1) is 21.7. The summed E-state index contributed by atoms with van der Waals surface area (Å²) in [6.45, 7) is 11.5. The highest BCUT2D eigenvalue weighted by Crippen LogP contribution is 2.10. The summed E-state index contributed by atoms with van der Waals surface area (Å²) in [6.07, 6.45) is 1.35. The van der Waals surface area contributed by atoms with Crippen LogP contribution in [0.1, 0.15) is 47.2 Å². The highest BCUT2D eigenvalue weighted by molar-refractivity contribution is 5.68. The molecule has 0 aliphatic carbocycles. The number of nitrogens with zero attached hydrogens (tertiary/aromatic N) is 1. The molecule has 0 unspecified atom stereocenters. The number of hydrogen-bond donors (Lipinski definition) is 2. The molecule has 7 nitrogen and oxygen atoms in total. The molecule has 0 saturated carbocycles. The maximum absolute atomic E-state index is 11.9. The van der Waals surface area contributed by atoms with Gasteiger partial charge in [-0.25, -0.2) is 9.59 Å². The number of rotatable bonds is 6. The zero-order valence-electron chi connectivity index (χ0n) is 16.6. The lowest BCUT2D eigenvalue weighted by atomic mass is 10.0. The SMILES string of the molecule is CC(C)(C)OC(=O)NCC(CNC(=O)OC(C)(C)C)Cc1ccccn1.